The first kappa shape index (κ1) is 20.6. The maximum absolute atomic E-state index is 13.5. The van der Waals surface area contributed by atoms with Crippen molar-refractivity contribution in [3.63, 3.8) is 0 Å². The first-order chi connectivity index (χ1) is 14.4. The van der Waals surface area contributed by atoms with E-state index >= 15 is 0 Å². The predicted molar refractivity (Wildman–Crippen MR) is 110 cm³/mol. The van der Waals surface area contributed by atoms with Crippen molar-refractivity contribution in [1.29, 1.82) is 0 Å². The van der Waals surface area contributed by atoms with E-state index in [1.54, 1.807) is 12.3 Å². The quantitative estimate of drug-likeness (QED) is 0.735. The number of fused-ring (bicyclic) bond motifs is 2. The molecule has 8 heteroatoms. The number of hydrogen-bond donors (Lipinski definition) is 2. The van der Waals surface area contributed by atoms with Crippen LogP contribution in [0, 0.1) is 24.6 Å². The van der Waals surface area contributed by atoms with Crippen molar-refractivity contribution in [2.24, 2.45) is 11.8 Å². The maximum atomic E-state index is 13.5. The van der Waals surface area contributed by atoms with Crippen LogP contribution in [-0.4, -0.2) is 35.5 Å². The maximum Gasteiger partial charge on any atom is 0.258 e. The van der Waals surface area contributed by atoms with Crippen LogP contribution in [0.15, 0.2) is 36.5 Å². The molecule has 30 heavy (non-hydrogen) atoms. The Bertz CT molecular complexity index is 947. The molecule has 3 aliphatic carbocycles. The van der Waals surface area contributed by atoms with E-state index in [-0.39, 0.29) is 41.3 Å². The minimum absolute atomic E-state index is 0.00283. The molecule has 2 bridgehead atoms. The summed E-state index contributed by atoms with van der Waals surface area (Å²) < 4.78 is 18.8. The lowest BCUT2D eigenvalue weighted by atomic mass is 9.60. The third-order valence-electron chi connectivity index (χ3n) is 5.95. The Kier molecular flexibility index (Phi) is 5.90. The second-order valence-electron chi connectivity index (χ2n) is 8.03. The van der Waals surface area contributed by atoms with Gasteiger partial charge in [-0.2, -0.15) is 0 Å². The molecule has 1 heterocycles. The second-order valence-corrected chi connectivity index (χ2v) is 8.44. The topological polar surface area (TPSA) is 80.3 Å². The largest absolute Gasteiger partial charge is 0.484 e. The molecule has 0 spiro atoms. The molecule has 2 aromatic rings. The molecule has 2 amide bonds. The van der Waals surface area contributed by atoms with Crippen molar-refractivity contribution in [3.8, 4) is 5.75 Å². The van der Waals surface area contributed by atoms with Crippen LogP contribution in [0.1, 0.15) is 35.3 Å². The fourth-order valence-electron chi connectivity index (χ4n) is 4.20. The van der Waals surface area contributed by atoms with E-state index in [0.717, 1.165) is 24.6 Å². The van der Waals surface area contributed by atoms with Gasteiger partial charge < -0.3 is 15.4 Å². The number of nitrogens with zero attached hydrogens (tertiary/aromatic N) is 1. The second kappa shape index (κ2) is 8.60. The summed E-state index contributed by atoms with van der Waals surface area (Å²) in [5, 5.41) is 6.11. The first-order valence-electron chi connectivity index (χ1n) is 10.00. The Labute approximate surface area is 179 Å². The molecule has 0 saturated heterocycles. The zero-order valence-corrected chi connectivity index (χ0v) is 17.3. The molecule has 6 nitrogen and oxygen atoms in total. The average Bonchev–Trinajstić information content (AvgIpc) is 2.68. The molecule has 3 fully saturated rings. The molecule has 2 N–H and O–H groups in total. The summed E-state index contributed by atoms with van der Waals surface area (Å²) in [6.45, 7) is 1.66. The van der Waals surface area contributed by atoms with E-state index in [4.69, 9.17) is 16.3 Å². The highest BCUT2D eigenvalue weighted by molar-refractivity contribution is 6.30. The SMILES string of the molecule is Cc1ccc(C(=O)N[C@@H]2CC(NC(=O)COc3ccc(Cl)c(F)c3)C3CC2C3)cn1. The minimum atomic E-state index is -0.593. The van der Waals surface area contributed by atoms with Gasteiger partial charge in [-0.3, -0.25) is 14.6 Å². The predicted octanol–water partition coefficient (Wildman–Crippen LogP) is 3.27. The van der Waals surface area contributed by atoms with E-state index in [9.17, 15) is 14.0 Å². The zero-order valence-electron chi connectivity index (χ0n) is 16.5. The number of aromatic nitrogens is 1. The third kappa shape index (κ3) is 4.56. The average molecular weight is 432 g/mol. The van der Waals surface area contributed by atoms with Crippen LogP contribution in [0.3, 0.4) is 0 Å². The van der Waals surface area contributed by atoms with Crippen molar-refractivity contribution < 1.29 is 18.7 Å². The lowest BCUT2D eigenvalue weighted by Gasteiger charge is -2.51. The number of rotatable bonds is 6. The van der Waals surface area contributed by atoms with Gasteiger partial charge in [-0.15, -0.1) is 0 Å². The number of hydrogen-bond acceptors (Lipinski definition) is 4. The van der Waals surface area contributed by atoms with E-state index in [2.05, 4.69) is 15.6 Å². The smallest absolute Gasteiger partial charge is 0.258 e. The molecule has 5 rings (SSSR count). The highest BCUT2D eigenvalue weighted by Gasteiger charge is 2.46. The van der Waals surface area contributed by atoms with Gasteiger partial charge in [-0.25, -0.2) is 4.39 Å². The van der Waals surface area contributed by atoms with Gasteiger partial charge in [0.1, 0.15) is 11.6 Å². The van der Waals surface area contributed by atoms with Gasteiger partial charge in [0, 0.05) is 30.0 Å². The van der Waals surface area contributed by atoms with E-state index in [1.165, 1.54) is 12.1 Å². The molecular formula is C22H23ClFN3O3. The van der Waals surface area contributed by atoms with Crippen molar-refractivity contribution in [2.45, 2.75) is 38.3 Å². The highest BCUT2D eigenvalue weighted by atomic mass is 35.5. The number of halogens is 2. The normalized spacial score (nSPS) is 24.5. The Morgan fingerprint density at radius 2 is 1.87 bits per heavy atom. The standard InChI is InChI=1S/C22H23ClFN3O3/c1-12-2-3-13(10-25-12)22(29)27-20-9-19(14-6-15(20)7-14)26-21(28)11-30-16-4-5-17(23)18(24)8-16/h2-5,8,10,14-15,19-20H,6-7,9,11H2,1H3,(H,26,28)(H,27,29)/t14?,15?,19?,20-/m1/s1. The molecule has 0 aliphatic heterocycles. The van der Waals surface area contributed by atoms with Gasteiger partial charge in [-0.05, 0) is 62.3 Å². The lowest BCUT2D eigenvalue weighted by molar-refractivity contribution is -0.125. The first-order valence-corrected chi connectivity index (χ1v) is 10.4. The van der Waals surface area contributed by atoms with Crippen molar-refractivity contribution in [3.05, 3.63) is 58.6 Å². The van der Waals surface area contributed by atoms with Crippen LogP contribution in [0.25, 0.3) is 0 Å². The number of pyridine rings is 1. The van der Waals surface area contributed by atoms with Crippen LogP contribution in [-0.2, 0) is 4.79 Å². The van der Waals surface area contributed by atoms with Gasteiger partial charge in [0.25, 0.3) is 11.8 Å². The molecule has 3 aliphatic rings. The molecule has 1 aromatic heterocycles. The minimum Gasteiger partial charge on any atom is -0.484 e. The van der Waals surface area contributed by atoms with Gasteiger partial charge in [0.2, 0.25) is 0 Å². The number of ether oxygens (including phenoxy) is 1. The number of amides is 2. The van der Waals surface area contributed by atoms with Gasteiger partial charge in [-0.1, -0.05) is 11.6 Å². The monoisotopic (exact) mass is 431 g/mol. The van der Waals surface area contributed by atoms with Gasteiger partial charge in [0.15, 0.2) is 6.61 Å². The van der Waals surface area contributed by atoms with Gasteiger partial charge >= 0.3 is 0 Å². The Balaban J connectivity index is 1.29. The van der Waals surface area contributed by atoms with E-state index < -0.39 is 5.82 Å². The van der Waals surface area contributed by atoms with Crippen molar-refractivity contribution >= 4 is 23.4 Å². The molecule has 3 saturated carbocycles. The molecule has 2 atom stereocenters. The van der Waals surface area contributed by atoms with E-state index in [0.29, 0.717) is 23.8 Å². The molecular weight excluding hydrogens is 409 g/mol. The Morgan fingerprint density at radius 3 is 2.53 bits per heavy atom. The number of carbonyl (C=O) groups excluding carboxylic acids is 2. The number of aryl methyl sites for hydroxylation is 1. The third-order valence-corrected chi connectivity index (χ3v) is 6.26. The van der Waals surface area contributed by atoms with Crippen molar-refractivity contribution in [2.75, 3.05) is 6.61 Å². The molecule has 158 valence electrons. The fourth-order valence-corrected chi connectivity index (χ4v) is 4.31. The Hall–Kier alpha value is -2.67. The number of nitrogens with one attached hydrogen (secondary N) is 2. The fraction of sp³-hybridized carbons (Fsp3) is 0.409. The summed E-state index contributed by atoms with van der Waals surface area (Å²) in [4.78, 5) is 29.0. The Morgan fingerprint density at radius 1 is 1.13 bits per heavy atom. The molecule has 1 unspecified atom stereocenters. The summed E-state index contributed by atoms with van der Waals surface area (Å²) in [5.74, 6) is 0.102. The molecule has 0 radical (unpaired) electrons. The highest BCUT2D eigenvalue weighted by Crippen LogP contribution is 2.45. The summed E-state index contributed by atoms with van der Waals surface area (Å²) >= 11 is 5.65. The van der Waals surface area contributed by atoms with Crippen LogP contribution in [0.4, 0.5) is 4.39 Å². The van der Waals surface area contributed by atoms with E-state index in [1.807, 2.05) is 13.0 Å². The van der Waals surface area contributed by atoms with Gasteiger partial charge in [0.05, 0.1) is 10.6 Å². The van der Waals surface area contributed by atoms with Crippen LogP contribution in [0.5, 0.6) is 5.75 Å². The summed E-state index contributed by atoms with van der Waals surface area (Å²) in [5.41, 5.74) is 1.39. The van der Waals surface area contributed by atoms with Crippen LogP contribution < -0.4 is 15.4 Å². The van der Waals surface area contributed by atoms with Crippen molar-refractivity contribution in [1.82, 2.24) is 15.6 Å². The summed E-state index contributed by atoms with van der Waals surface area (Å²) in [6.07, 6.45) is 4.21. The number of carbonyl (C=O) groups is 2. The zero-order chi connectivity index (χ0) is 21.3. The lowest BCUT2D eigenvalue weighted by Crippen LogP contribution is -2.60. The summed E-state index contributed by atoms with van der Waals surface area (Å²) in [6, 6.07) is 7.62. The number of benzene rings is 1. The summed E-state index contributed by atoms with van der Waals surface area (Å²) in [7, 11) is 0. The van der Waals surface area contributed by atoms with Crippen LogP contribution >= 0.6 is 11.6 Å². The van der Waals surface area contributed by atoms with Crippen LogP contribution in [0.2, 0.25) is 5.02 Å². The molecule has 1 aromatic carbocycles.